The second-order valence-electron chi connectivity index (χ2n) is 6.17. The number of nitrogens with zero attached hydrogens (tertiary/aromatic N) is 2. The number of carbonyl (C=O) groups is 2. The molecule has 134 valence electrons. The lowest BCUT2D eigenvalue weighted by Crippen LogP contribution is -2.27. The fraction of sp³-hybridized carbons (Fsp3) is 0.250. The number of Topliss-reactive ketones (excluding diaryl/α,β-unsaturated/α-hetero) is 1. The summed E-state index contributed by atoms with van der Waals surface area (Å²) in [5, 5.41) is 7.10. The van der Waals surface area contributed by atoms with Crippen LogP contribution in [0.1, 0.15) is 34.4 Å². The van der Waals surface area contributed by atoms with Gasteiger partial charge in [0.05, 0.1) is 17.8 Å². The van der Waals surface area contributed by atoms with E-state index in [9.17, 15) is 9.59 Å². The van der Waals surface area contributed by atoms with Crippen molar-refractivity contribution in [2.24, 2.45) is 0 Å². The zero-order chi connectivity index (χ0) is 18.7. The molecular formula is C20H21N3O3. The molecule has 0 saturated carbocycles. The molecule has 0 radical (unpaired) electrons. The third-order valence-electron chi connectivity index (χ3n) is 4.21. The average Bonchev–Trinajstić information content (AvgIpc) is 3.19. The van der Waals surface area contributed by atoms with Crippen molar-refractivity contribution in [1.29, 1.82) is 0 Å². The summed E-state index contributed by atoms with van der Waals surface area (Å²) in [4.78, 5) is 23.9. The maximum absolute atomic E-state index is 12.2. The number of hydrogen-bond donors (Lipinski definition) is 1. The summed E-state index contributed by atoms with van der Waals surface area (Å²) in [6, 6.07) is 13.5. The van der Waals surface area contributed by atoms with Crippen molar-refractivity contribution < 1.29 is 14.0 Å². The van der Waals surface area contributed by atoms with E-state index in [0.29, 0.717) is 29.3 Å². The molecule has 1 aromatic carbocycles. The Morgan fingerprint density at radius 3 is 2.50 bits per heavy atom. The minimum Gasteiger partial charge on any atom is -0.459 e. The summed E-state index contributed by atoms with van der Waals surface area (Å²) in [5.74, 6) is 1.20. The summed E-state index contributed by atoms with van der Waals surface area (Å²) in [5.41, 5.74) is 2.91. The van der Waals surface area contributed by atoms with Gasteiger partial charge in [-0.15, -0.1) is 0 Å². The largest absolute Gasteiger partial charge is 0.459 e. The second kappa shape index (κ2) is 7.39. The molecule has 3 aromatic rings. The van der Waals surface area contributed by atoms with Crippen molar-refractivity contribution >= 4 is 11.7 Å². The van der Waals surface area contributed by atoms with Crippen LogP contribution in [0.5, 0.6) is 0 Å². The molecule has 26 heavy (non-hydrogen) atoms. The van der Waals surface area contributed by atoms with Crippen molar-refractivity contribution in [3.05, 3.63) is 65.2 Å². The molecule has 6 nitrogen and oxygen atoms in total. The maximum Gasteiger partial charge on any atom is 0.242 e. The van der Waals surface area contributed by atoms with Gasteiger partial charge in [-0.1, -0.05) is 30.3 Å². The highest BCUT2D eigenvalue weighted by Crippen LogP contribution is 2.21. The summed E-state index contributed by atoms with van der Waals surface area (Å²) < 4.78 is 7.32. The number of ketones is 1. The zero-order valence-electron chi connectivity index (χ0n) is 15.1. The topological polar surface area (TPSA) is 77.1 Å². The van der Waals surface area contributed by atoms with Crippen molar-refractivity contribution in [2.45, 2.75) is 33.9 Å². The number of amides is 1. The molecule has 3 rings (SSSR count). The Bertz CT molecular complexity index is 939. The van der Waals surface area contributed by atoms with E-state index in [1.807, 2.05) is 42.5 Å². The molecule has 0 aliphatic rings. The normalized spacial score (nSPS) is 10.7. The third kappa shape index (κ3) is 3.74. The summed E-state index contributed by atoms with van der Waals surface area (Å²) in [6.45, 7) is 5.42. The number of hydrogen-bond acceptors (Lipinski definition) is 4. The van der Waals surface area contributed by atoms with Crippen molar-refractivity contribution in [3.8, 4) is 11.3 Å². The number of nitrogens with one attached hydrogen (secondary N) is 1. The number of aryl methyl sites for hydroxylation is 1. The summed E-state index contributed by atoms with van der Waals surface area (Å²) >= 11 is 0. The zero-order valence-corrected chi connectivity index (χ0v) is 15.1. The average molecular weight is 351 g/mol. The van der Waals surface area contributed by atoms with E-state index in [0.717, 1.165) is 11.3 Å². The Morgan fingerprint density at radius 1 is 1.12 bits per heavy atom. The van der Waals surface area contributed by atoms with Gasteiger partial charge in [0.15, 0.2) is 5.78 Å². The first-order chi connectivity index (χ1) is 12.5. The molecule has 2 aromatic heterocycles. The maximum atomic E-state index is 12.2. The molecule has 2 heterocycles. The second-order valence-corrected chi connectivity index (χ2v) is 6.17. The molecule has 0 spiro atoms. The molecule has 6 heteroatoms. The van der Waals surface area contributed by atoms with Gasteiger partial charge in [0.1, 0.15) is 18.1 Å². The first-order valence-corrected chi connectivity index (χ1v) is 8.41. The first kappa shape index (κ1) is 17.7. The van der Waals surface area contributed by atoms with Gasteiger partial charge in [-0.25, -0.2) is 0 Å². The minimum absolute atomic E-state index is 0.0457. The Morgan fingerprint density at radius 2 is 1.85 bits per heavy atom. The quantitative estimate of drug-likeness (QED) is 0.692. The van der Waals surface area contributed by atoms with Crippen LogP contribution >= 0.6 is 0 Å². The van der Waals surface area contributed by atoms with Crippen molar-refractivity contribution in [3.63, 3.8) is 0 Å². The highest BCUT2D eigenvalue weighted by atomic mass is 16.3. The molecule has 0 aliphatic heterocycles. The number of benzene rings is 1. The highest BCUT2D eigenvalue weighted by molar-refractivity contribution is 5.96. The number of carbonyl (C=O) groups excluding carboxylic acids is 2. The Labute approximate surface area is 151 Å². The molecule has 0 atom stereocenters. The molecule has 1 N–H and O–H groups in total. The van der Waals surface area contributed by atoms with Gasteiger partial charge in [0.25, 0.3) is 0 Å². The van der Waals surface area contributed by atoms with E-state index in [1.54, 1.807) is 18.5 Å². The van der Waals surface area contributed by atoms with Gasteiger partial charge < -0.3 is 9.73 Å². The van der Waals surface area contributed by atoms with E-state index < -0.39 is 0 Å². The lowest BCUT2D eigenvalue weighted by molar-refractivity contribution is -0.122. The van der Waals surface area contributed by atoms with E-state index in [4.69, 9.17) is 4.42 Å². The third-order valence-corrected chi connectivity index (χ3v) is 4.21. The molecule has 0 saturated heterocycles. The van der Waals surface area contributed by atoms with Crippen LogP contribution in [0.3, 0.4) is 0 Å². The molecule has 1 amide bonds. The number of aromatic nitrogens is 2. The van der Waals surface area contributed by atoms with Crippen LogP contribution in [0.2, 0.25) is 0 Å². The van der Waals surface area contributed by atoms with E-state index in [2.05, 4.69) is 10.4 Å². The Hall–Kier alpha value is -3.15. The van der Waals surface area contributed by atoms with Gasteiger partial charge in [0.2, 0.25) is 5.91 Å². The molecular weight excluding hydrogens is 330 g/mol. The van der Waals surface area contributed by atoms with Gasteiger partial charge in [-0.3, -0.25) is 14.3 Å². The monoisotopic (exact) mass is 351 g/mol. The van der Waals surface area contributed by atoms with Gasteiger partial charge in [-0.2, -0.15) is 5.10 Å². The van der Waals surface area contributed by atoms with Gasteiger partial charge >= 0.3 is 0 Å². The smallest absolute Gasteiger partial charge is 0.242 e. The van der Waals surface area contributed by atoms with Crippen LogP contribution in [-0.2, 0) is 17.9 Å². The van der Waals surface area contributed by atoms with E-state index >= 15 is 0 Å². The standard InChI is InChI=1S/C20H21N3O3/c1-13-20(15(3)24)14(2)23(22-13)12-19(25)21-11-17-9-10-18(26-17)16-7-5-4-6-8-16/h4-10H,11-12H2,1-3H3,(H,21,25). The fourth-order valence-electron chi connectivity index (χ4n) is 2.97. The Kier molecular flexibility index (Phi) is 5.02. The molecule has 0 bridgehead atoms. The molecule has 0 aliphatic carbocycles. The van der Waals surface area contributed by atoms with Crippen molar-refractivity contribution in [2.75, 3.05) is 0 Å². The highest BCUT2D eigenvalue weighted by Gasteiger charge is 2.17. The molecule has 0 fully saturated rings. The number of rotatable bonds is 6. The lowest BCUT2D eigenvalue weighted by atomic mass is 10.1. The van der Waals surface area contributed by atoms with Gasteiger partial charge in [-0.05, 0) is 32.9 Å². The predicted octanol–water partition coefficient (Wildman–Crippen LogP) is 3.28. The van der Waals surface area contributed by atoms with Crippen LogP contribution in [0, 0.1) is 13.8 Å². The van der Waals surface area contributed by atoms with Crippen molar-refractivity contribution in [1.82, 2.24) is 15.1 Å². The molecule has 0 unspecified atom stereocenters. The van der Waals surface area contributed by atoms with E-state index in [-0.39, 0.29) is 18.2 Å². The predicted molar refractivity (Wildman–Crippen MR) is 97.7 cm³/mol. The van der Waals surface area contributed by atoms with Gasteiger partial charge in [0, 0.05) is 11.3 Å². The first-order valence-electron chi connectivity index (χ1n) is 8.41. The van der Waals surface area contributed by atoms with Crippen LogP contribution < -0.4 is 5.32 Å². The van der Waals surface area contributed by atoms with Crippen LogP contribution in [0.25, 0.3) is 11.3 Å². The summed E-state index contributed by atoms with van der Waals surface area (Å²) in [6.07, 6.45) is 0. The lowest BCUT2D eigenvalue weighted by Gasteiger charge is -2.06. The Balaban J connectivity index is 1.61. The SMILES string of the molecule is CC(=O)c1c(C)nn(CC(=O)NCc2ccc(-c3ccccc3)o2)c1C. The van der Waals surface area contributed by atoms with Crippen LogP contribution in [0.15, 0.2) is 46.9 Å². The minimum atomic E-state index is -0.191. The summed E-state index contributed by atoms with van der Waals surface area (Å²) in [7, 11) is 0. The van der Waals surface area contributed by atoms with E-state index in [1.165, 1.54) is 6.92 Å². The van der Waals surface area contributed by atoms with Crippen LogP contribution in [-0.4, -0.2) is 21.5 Å². The van der Waals surface area contributed by atoms with Crippen LogP contribution in [0.4, 0.5) is 0 Å². The fourth-order valence-corrected chi connectivity index (χ4v) is 2.97. The number of furan rings is 1.